The van der Waals surface area contributed by atoms with Crippen LogP contribution in [0.15, 0.2) is 91.0 Å². The van der Waals surface area contributed by atoms with E-state index in [0.29, 0.717) is 13.2 Å². The van der Waals surface area contributed by atoms with Gasteiger partial charge in [0.1, 0.15) is 18.3 Å². The fourth-order valence-corrected chi connectivity index (χ4v) is 4.12. The van der Waals surface area contributed by atoms with E-state index in [-0.39, 0.29) is 13.2 Å². The summed E-state index contributed by atoms with van der Waals surface area (Å²) in [5, 5.41) is 10.6. The van der Waals surface area contributed by atoms with E-state index in [1.165, 1.54) is 6.92 Å². The molecule has 4 rings (SSSR count). The van der Waals surface area contributed by atoms with Crippen LogP contribution in [-0.2, 0) is 48.3 Å². The Kier molecular flexibility index (Phi) is 9.61. The Morgan fingerprint density at radius 3 is 1.89 bits per heavy atom. The molecule has 1 saturated heterocycles. The number of carbonyl (C=O) groups is 1. The van der Waals surface area contributed by atoms with Crippen LogP contribution in [0.5, 0.6) is 0 Å². The smallest absolute Gasteiger partial charge is 0.303 e. The summed E-state index contributed by atoms with van der Waals surface area (Å²) in [7, 11) is 0. The van der Waals surface area contributed by atoms with Crippen LogP contribution in [0.4, 0.5) is 0 Å². The lowest BCUT2D eigenvalue weighted by Gasteiger charge is -2.29. The molecule has 1 aliphatic rings. The Morgan fingerprint density at radius 2 is 1.33 bits per heavy atom. The van der Waals surface area contributed by atoms with Crippen LogP contribution in [-0.4, -0.2) is 48.4 Å². The molecule has 1 N–H and O–H groups in total. The number of aliphatic hydroxyl groups excluding tert-OH is 1. The summed E-state index contributed by atoms with van der Waals surface area (Å²) < 4.78 is 29.7. The van der Waals surface area contributed by atoms with Gasteiger partial charge in [-0.1, -0.05) is 91.0 Å². The van der Waals surface area contributed by atoms with E-state index in [1.54, 1.807) is 0 Å². The summed E-state index contributed by atoms with van der Waals surface area (Å²) >= 11 is 0. The maximum absolute atomic E-state index is 11.8. The fourth-order valence-electron chi connectivity index (χ4n) is 4.12. The maximum atomic E-state index is 11.8. The van der Waals surface area contributed by atoms with Crippen molar-refractivity contribution in [2.24, 2.45) is 0 Å². The molecule has 1 unspecified atom stereocenters. The highest BCUT2D eigenvalue weighted by Gasteiger charge is 2.50. The number of aliphatic hydroxyl groups is 1. The monoisotopic (exact) mass is 492 g/mol. The first-order valence-corrected chi connectivity index (χ1v) is 12.0. The Hall–Kier alpha value is -3.07. The van der Waals surface area contributed by atoms with Gasteiger partial charge in [0.25, 0.3) is 0 Å². The van der Waals surface area contributed by atoms with E-state index in [1.807, 2.05) is 91.0 Å². The minimum absolute atomic E-state index is 0.192. The van der Waals surface area contributed by atoms with Crippen molar-refractivity contribution < 1.29 is 33.6 Å². The van der Waals surface area contributed by atoms with E-state index in [4.69, 9.17) is 23.7 Å². The molecule has 7 nitrogen and oxygen atoms in total. The fraction of sp³-hybridized carbons (Fsp3) is 0.345. The molecule has 3 aromatic rings. The average Bonchev–Trinajstić information content (AvgIpc) is 3.20. The van der Waals surface area contributed by atoms with Crippen LogP contribution in [0.3, 0.4) is 0 Å². The third-order valence-corrected chi connectivity index (χ3v) is 5.88. The van der Waals surface area contributed by atoms with Crippen molar-refractivity contribution in [3.05, 3.63) is 108 Å². The van der Waals surface area contributed by atoms with Crippen LogP contribution < -0.4 is 0 Å². The third-order valence-electron chi connectivity index (χ3n) is 5.88. The van der Waals surface area contributed by atoms with Gasteiger partial charge in [0.15, 0.2) is 12.4 Å². The van der Waals surface area contributed by atoms with Crippen LogP contribution in [0.25, 0.3) is 0 Å². The second kappa shape index (κ2) is 13.3. The number of carbonyl (C=O) groups excluding carboxylic acids is 1. The van der Waals surface area contributed by atoms with Gasteiger partial charge in [-0.05, 0) is 16.7 Å². The molecule has 36 heavy (non-hydrogen) atoms. The number of rotatable bonds is 12. The molecule has 190 valence electrons. The van der Waals surface area contributed by atoms with Crippen LogP contribution >= 0.6 is 0 Å². The first-order chi connectivity index (χ1) is 17.6. The molecule has 0 bridgehead atoms. The van der Waals surface area contributed by atoms with Crippen molar-refractivity contribution in [3.63, 3.8) is 0 Å². The van der Waals surface area contributed by atoms with E-state index in [9.17, 15) is 9.90 Å². The van der Waals surface area contributed by atoms with Crippen molar-refractivity contribution in [2.75, 3.05) is 6.61 Å². The van der Waals surface area contributed by atoms with Gasteiger partial charge in [0.05, 0.1) is 26.4 Å². The van der Waals surface area contributed by atoms with Gasteiger partial charge in [0, 0.05) is 6.92 Å². The van der Waals surface area contributed by atoms with Crippen LogP contribution in [0.1, 0.15) is 23.6 Å². The molecule has 0 amide bonds. The normalized spacial score (nSPS) is 22.3. The van der Waals surface area contributed by atoms with Gasteiger partial charge in [-0.25, -0.2) is 0 Å². The van der Waals surface area contributed by atoms with Gasteiger partial charge >= 0.3 is 5.97 Å². The van der Waals surface area contributed by atoms with Gasteiger partial charge in [0.2, 0.25) is 0 Å². The molecule has 3 aromatic carbocycles. The minimum atomic E-state index is -1.35. The highest BCUT2D eigenvalue weighted by atomic mass is 16.7. The zero-order valence-corrected chi connectivity index (χ0v) is 20.3. The summed E-state index contributed by atoms with van der Waals surface area (Å²) in [6.45, 7) is 2.45. The average molecular weight is 493 g/mol. The van der Waals surface area contributed by atoms with Crippen molar-refractivity contribution in [2.45, 2.75) is 57.5 Å². The van der Waals surface area contributed by atoms with Gasteiger partial charge in [-0.3, -0.25) is 4.79 Å². The SMILES string of the molecule is CC(=O)O[C@H]1C(O)O[C@H]([C@@H](COCc2ccccc2)OCc2ccccc2)[C@@H]1OCc1ccccc1. The van der Waals surface area contributed by atoms with Crippen LogP contribution in [0.2, 0.25) is 0 Å². The standard InChI is InChI=1S/C29H32O7/c1-21(30)35-28-27(34-19-24-15-9-4-10-16-24)26(36-29(28)31)25(33-18-23-13-7-3-8-14-23)20-32-17-22-11-5-2-6-12-22/h2-16,25-29,31H,17-20H2,1H3/t25-,26-,27+,28-,29?/m1/s1. The summed E-state index contributed by atoms with van der Waals surface area (Å²) in [5.41, 5.74) is 2.96. The topological polar surface area (TPSA) is 83.5 Å². The van der Waals surface area contributed by atoms with E-state index < -0.39 is 36.7 Å². The molecule has 1 fully saturated rings. The van der Waals surface area contributed by atoms with Gasteiger partial charge in [-0.15, -0.1) is 0 Å². The molecule has 1 heterocycles. The van der Waals surface area contributed by atoms with Gasteiger partial charge < -0.3 is 28.8 Å². The molecule has 0 radical (unpaired) electrons. The molecule has 7 heteroatoms. The Labute approximate surface area is 211 Å². The predicted molar refractivity (Wildman–Crippen MR) is 133 cm³/mol. The number of hydrogen-bond acceptors (Lipinski definition) is 7. The van der Waals surface area contributed by atoms with E-state index in [2.05, 4.69) is 0 Å². The van der Waals surface area contributed by atoms with Crippen molar-refractivity contribution in [1.29, 1.82) is 0 Å². The molecule has 0 saturated carbocycles. The minimum Gasteiger partial charge on any atom is -0.454 e. The number of esters is 1. The zero-order valence-electron chi connectivity index (χ0n) is 20.3. The first kappa shape index (κ1) is 26.0. The quantitative estimate of drug-likeness (QED) is 0.382. The summed E-state index contributed by atoms with van der Waals surface area (Å²) in [5.74, 6) is -0.529. The second-order valence-electron chi connectivity index (χ2n) is 8.66. The molecule has 0 aliphatic carbocycles. The molecule has 0 spiro atoms. The first-order valence-electron chi connectivity index (χ1n) is 12.0. The number of benzene rings is 3. The largest absolute Gasteiger partial charge is 0.454 e. The molecule has 1 aliphatic heterocycles. The molecule has 5 atom stereocenters. The van der Waals surface area contributed by atoms with Crippen molar-refractivity contribution in [1.82, 2.24) is 0 Å². The summed E-state index contributed by atoms with van der Waals surface area (Å²) in [6, 6.07) is 29.2. The number of hydrogen-bond donors (Lipinski definition) is 1. The maximum Gasteiger partial charge on any atom is 0.303 e. The number of ether oxygens (including phenoxy) is 5. The Balaban J connectivity index is 1.50. The third kappa shape index (κ3) is 7.46. The summed E-state index contributed by atoms with van der Waals surface area (Å²) in [4.78, 5) is 11.8. The van der Waals surface area contributed by atoms with E-state index in [0.717, 1.165) is 16.7 Å². The lowest BCUT2D eigenvalue weighted by Crippen LogP contribution is -2.45. The van der Waals surface area contributed by atoms with E-state index >= 15 is 0 Å². The molecular formula is C29H32O7. The molecule has 0 aromatic heterocycles. The van der Waals surface area contributed by atoms with Gasteiger partial charge in [-0.2, -0.15) is 0 Å². The van der Waals surface area contributed by atoms with Crippen molar-refractivity contribution in [3.8, 4) is 0 Å². The predicted octanol–water partition coefficient (Wildman–Crippen LogP) is 4.02. The molecular weight excluding hydrogens is 460 g/mol. The summed E-state index contributed by atoms with van der Waals surface area (Å²) in [6.07, 6.45) is -4.42. The second-order valence-corrected chi connectivity index (χ2v) is 8.66. The van der Waals surface area contributed by atoms with Crippen molar-refractivity contribution >= 4 is 5.97 Å². The zero-order chi connectivity index (χ0) is 25.2. The lowest BCUT2D eigenvalue weighted by molar-refractivity contribution is -0.179. The lowest BCUT2D eigenvalue weighted by atomic mass is 10.1. The Bertz CT molecular complexity index is 1040. The van der Waals surface area contributed by atoms with Crippen LogP contribution in [0, 0.1) is 0 Å². The highest BCUT2D eigenvalue weighted by Crippen LogP contribution is 2.30. The highest BCUT2D eigenvalue weighted by molar-refractivity contribution is 5.66. The Morgan fingerprint density at radius 1 is 0.806 bits per heavy atom.